The van der Waals surface area contributed by atoms with Gasteiger partial charge in [0, 0.05) is 12.8 Å². The Balaban J connectivity index is 4.27. The van der Waals surface area contributed by atoms with E-state index in [1.807, 2.05) is 13.8 Å². The first kappa shape index (κ1) is 18.9. The van der Waals surface area contributed by atoms with Gasteiger partial charge < -0.3 is 16.2 Å². The van der Waals surface area contributed by atoms with Gasteiger partial charge in [0.15, 0.2) is 0 Å². The summed E-state index contributed by atoms with van der Waals surface area (Å²) in [6, 6.07) is -0.946. The molecule has 0 aromatic heterocycles. The fraction of sp³-hybridized carbons (Fsp3) is 0.833. The number of nitrogens with two attached hydrogens (primary N) is 1. The lowest BCUT2D eigenvalue weighted by Crippen LogP contribution is -2.44. The van der Waals surface area contributed by atoms with Crippen molar-refractivity contribution >= 4 is 21.7 Å². The Hall–Kier alpha value is -1.15. The molecular formula is C12H24N2O5S. The van der Waals surface area contributed by atoms with Crippen molar-refractivity contribution in [2.45, 2.75) is 32.7 Å². The molecule has 0 aromatic carbocycles. The maximum absolute atomic E-state index is 11.6. The SMILES string of the molecule is CC(C)CC(CNC(=O)C(N)CCS(C)(=O)=O)C(=O)O. The summed E-state index contributed by atoms with van der Waals surface area (Å²) in [5.74, 6) is -2.13. The van der Waals surface area contributed by atoms with Crippen LogP contribution in [0.4, 0.5) is 0 Å². The van der Waals surface area contributed by atoms with Gasteiger partial charge in [0.05, 0.1) is 17.7 Å². The Morgan fingerprint density at radius 2 is 1.85 bits per heavy atom. The van der Waals surface area contributed by atoms with E-state index < -0.39 is 33.7 Å². The molecule has 20 heavy (non-hydrogen) atoms. The van der Waals surface area contributed by atoms with Gasteiger partial charge in [-0.3, -0.25) is 9.59 Å². The highest BCUT2D eigenvalue weighted by Crippen LogP contribution is 2.11. The molecule has 7 nitrogen and oxygen atoms in total. The lowest BCUT2D eigenvalue weighted by molar-refractivity contribution is -0.142. The summed E-state index contributed by atoms with van der Waals surface area (Å²) in [5.41, 5.74) is 5.56. The predicted octanol–water partition coefficient (Wildman–Crippen LogP) is -0.388. The smallest absolute Gasteiger partial charge is 0.308 e. The third kappa shape index (κ3) is 8.87. The minimum atomic E-state index is -3.17. The molecule has 1 amide bonds. The van der Waals surface area contributed by atoms with Gasteiger partial charge in [0.2, 0.25) is 5.91 Å². The number of hydrogen-bond acceptors (Lipinski definition) is 5. The number of aliphatic carboxylic acids is 1. The average molecular weight is 308 g/mol. The molecule has 0 aliphatic heterocycles. The summed E-state index contributed by atoms with van der Waals surface area (Å²) in [6.45, 7) is 3.80. The summed E-state index contributed by atoms with van der Waals surface area (Å²) in [6.07, 6.45) is 1.54. The minimum Gasteiger partial charge on any atom is -0.481 e. The van der Waals surface area contributed by atoms with Gasteiger partial charge in [-0.15, -0.1) is 0 Å². The van der Waals surface area contributed by atoms with Crippen LogP contribution in [-0.4, -0.2) is 50.0 Å². The van der Waals surface area contributed by atoms with Gasteiger partial charge in [0.1, 0.15) is 9.84 Å². The zero-order valence-electron chi connectivity index (χ0n) is 12.1. The van der Waals surface area contributed by atoms with Crippen molar-refractivity contribution in [1.82, 2.24) is 5.32 Å². The van der Waals surface area contributed by atoms with Gasteiger partial charge in [0.25, 0.3) is 0 Å². The van der Waals surface area contributed by atoms with Crippen LogP contribution in [0.5, 0.6) is 0 Å². The van der Waals surface area contributed by atoms with Crippen LogP contribution in [0, 0.1) is 11.8 Å². The van der Waals surface area contributed by atoms with Gasteiger partial charge in [-0.2, -0.15) is 0 Å². The molecule has 2 unspecified atom stereocenters. The van der Waals surface area contributed by atoms with Gasteiger partial charge in [-0.05, 0) is 18.8 Å². The van der Waals surface area contributed by atoms with E-state index in [4.69, 9.17) is 10.8 Å². The molecule has 0 saturated heterocycles. The van der Waals surface area contributed by atoms with E-state index in [0.29, 0.717) is 6.42 Å². The number of carbonyl (C=O) groups excluding carboxylic acids is 1. The molecule has 0 fully saturated rings. The fourth-order valence-corrected chi connectivity index (χ4v) is 2.35. The number of nitrogens with one attached hydrogen (secondary N) is 1. The number of sulfone groups is 1. The van der Waals surface area contributed by atoms with E-state index in [2.05, 4.69) is 5.32 Å². The van der Waals surface area contributed by atoms with Crippen LogP contribution >= 0.6 is 0 Å². The van der Waals surface area contributed by atoms with Crippen molar-refractivity contribution in [2.75, 3.05) is 18.6 Å². The molecule has 0 heterocycles. The van der Waals surface area contributed by atoms with Crippen LogP contribution in [0.25, 0.3) is 0 Å². The highest BCUT2D eigenvalue weighted by molar-refractivity contribution is 7.90. The van der Waals surface area contributed by atoms with Crippen LogP contribution in [-0.2, 0) is 19.4 Å². The highest BCUT2D eigenvalue weighted by Gasteiger charge is 2.22. The number of hydrogen-bond donors (Lipinski definition) is 3. The monoisotopic (exact) mass is 308 g/mol. The molecule has 0 aliphatic rings. The number of rotatable bonds is 9. The summed E-state index contributed by atoms with van der Waals surface area (Å²) >= 11 is 0. The molecule has 0 rings (SSSR count). The van der Waals surface area contributed by atoms with Crippen molar-refractivity contribution in [3.05, 3.63) is 0 Å². The zero-order valence-corrected chi connectivity index (χ0v) is 12.9. The largest absolute Gasteiger partial charge is 0.481 e. The first-order valence-electron chi connectivity index (χ1n) is 6.46. The number of amides is 1. The molecule has 0 aliphatic carbocycles. The van der Waals surface area contributed by atoms with Crippen molar-refractivity contribution in [1.29, 1.82) is 0 Å². The Morgan fingerprint density at radius 3 is 2.25 bits per heavy atom. The first-order valence-corrected chi connectivity index (χ1v) is 8.52. The zero-order chi connectivity index (χ0) is 15.9. The molecule has 0 aromatic rings. The van der Waals surface area contributed by atoms with E-state index in [1.54, 1.807) is 0 Å². The normalized spacial score (nSPS) is 14.8. The molecular weight excluding hydrogens is 284 g/mol. The van der Waals surface area contributed by atoms with E-state index in [0.717, 1.165) is 6.26 Å². The van der Waals surface area contributed by atoms with E-state index in [9.17, 15) is 18.0 Å². The van der Waals surface area contributed by atoms with Gasteiger partial charge in [-0.25, -0.2) is 8.42 Å². The Morgan fingerprint density at radius 1 is 1.30 bits per heavy atom. The number of carboxylic acid groups (broad SMARTS) is 1. The standard InChI is InChI=1S/C12H24N2O5S/c1-8(2)6-9(12(16)17)7-14-11(15)10(13)4-5-20(3,18)19/h8-10H,4-7,13H2,1-3H3,(H,14,15)(H,16,17). The molecule has 2 atom stereocenters. The lowest BCUT2D eigenvalue weighted by atomic mass is 9.97. The average Bonchev–Trinajstić information content (AvgIpc) is 2.29. The van der Waals surface area contributed by atoms with E-state index >= 15 is 0 Å². The molecule has 0 bridgehead atoms. The van der Waals surface area contributed by atoms with Gasteiger partial charge >= 0.3 is 5.97 Å². The molecule has 0 radical (unpaired) electrons. The van der Waals surface area contributed by atoms with Crippen LogP contribution in [0.3, 0.4) is 0 Å². The maximum atomic E-state index is 11.6. The molecule has 118 valence electrons. The fourth-order valence-electron chi connectivity index (χ4n) is 1.67. The molecule has 0 saturated carbocycles. The summed E-state index contributed by atoms with van der Waals surface area (Å²) in [5, 5.41) is 11.5. The predicted molar refractivity (Wildman–Crippen MR) is 75.9 cm³/mol. The van der Waals surface area contributed by atoms with Crippen molar-refractivity contribution in [3.63, 3.8) is 0 Å². The van der Waals surface area contributed by atoms with Crippen LogP contribution < -0.4 is 11.1 Å². The van der Waals surface area contributed by atoms with E-state index in [-0.39, 0.29) is 24.6 Å². The first-order chi connectivity index (χ1) is 9.03. The number of carboxylic acids is 1. The third-order valence-corrected chi connectivity index (χ3v) is 3.74. The molecule has 4 N–H and O–H groups in total. The summed E-state index contributed by atoms with van der Waals surface area (Å²) in [4.78, 5) is 22.7. The topological polar surface area (TPSA) is 127 Å². The van der Waals surface area contributed by atoms with Crippen LogP contribution in [0.2, 0.25) is 0 Å². The highest BCUT2D eigenvalue weighted by atomic mass is 32.2. The quantitative estimate of drug-likeness (QED) is 0.532. The number of carbonyl (C=O) groups is 2. The second-order valence-corrected chi connectivity index (χ2v) is 7.69. The maximum Gasteiger partial charge on any atom is 0.308 e. The molecule has 0 spiro atoms. The van der Waals surface area contributed by atoms with E-state index in [1.165, 1.54) is 0 Å². The Labute approximate surface area is 119 Å². The second kappa shape index (κ2) is 8.21. The lowest BCUT2D eigenvalue weighted by Gasteiger charge is -2.17. The third-order valence-electron chi connectivity index (χ3n) is 2.76. The van der Waals surface area contributed by atoms with Crippen molar-refractivity contribution in [2.24, 2.45) is 17.6 Å². The summed E-state index contributed by atoms with van der Waals surface area (Å²) in [7, 11) is -3.17. The summed E-state index contributed by atoms with van der Waals surface area (Å²) < 4.78 is 21.9. The van der Waals surface area contributed by atoms with Crippen LogP contribution in [0.15, 0.2) is 0 Å². The van der Waals surface area contributed by atoms with Gasteiger partial charge in [-0.1, -0.05) is 13.8 Å². The molecule has 8 heteroatoms. The Bertz CT molecular complexity index is 433. The van der Waals surface area contributed by atoms with Crippen molar-refractivity contribution in [3.8, 4) is 0 Å². The minimum absolute atomic E-state index is 0.00107. The van der Waals surface area contributed by atoms with Crippen LogP contribution in [0.1, 0.15) is 26.7 Å². The Kier molecular flexibility index (Phi) is 7.74. The second-order valence-electron chi connectivity index (χ2n) is 5.43. The van der Waals surface area contributed by atoms with Crippen molar-refractivity contribution < 1.29 is 23.1 Å².